The Morgan fingerprint density at radius 3 is 2.50 bits per heavy atom. The molecule has 0 spiro atoms. The van der Waals surface area contributed by atoms with E-state index in [-0.39, 0.29) is 11.8 Å². The van der Waals surface area contributed by atoms with E-state index in [9.17, 15) is 4.79 Å². The molecule has 1 aliphatic heterocycles. The Bertz CT molecular complexity index is 493. The number of nitrogens with one attached hydrogen (secondary N) is 1. The van der Waals surface area contributed by atoms with Gasteiger partial charge in [0.25, 0.3) is 0 Å². The fraction of sp³-hybridized carbons (Fsp3) is 0.667. The second kappa shape index (κ2) is 5.58. The number of anilines is 2. The smallest absolute Gasteiger partial charge is 0.377 e. The first kappa shape index (κ1) is 14.4. The molecule has 0 aromatic carbocycles. The highest BCUT2D eigenvalue weighted by Gasteiger charge is 2.23. The van der Waals surface area contributed by atoms with Crippen LogP contribution in [0.15, 0.2) is 0 Å². The van der Waals surface area contributed by atoms with Gasteiger partial charge in [0.1, 0.15) is 5.60 Å². The number of carbonyl (C=O) groups is 1. The van der Waals surface area contributed by atoms with E-state index in [1.165, 1.54) is 0 Å². The summed E-state index contributed by atoms with van der Waals surface area (Å²) in [5.41, 5.74) is 5.05. The van der Waals surface area contributed by atoms with Gasteiger partial charge in [-0.05, 0) is 20.8 Å². The van der Waals surface area contributed by atoms with Crippen molar-refractivity contribution in [3.8, 4) is 0 Å². The highest BCUT2D eigenvalue weighted by molar-refractivity contribution is 5.86. The van der Waals surface area contributed by atoms with Gasteiger partial charge in [-0.3, -0.25) is 0 Å². The van der Waals surface area contributed by atoms with E-state index in [1.807, 2.05) is 4.90 Å². The second-order valence-corrected chi connectivity index (χ2v) is 5.56. The number of nitrogens with zero attached hydrogens (tertiary/aromatic N) is 4. The van der Waals surface area contributed by atoms with Gasteiger partial charge in [-0.1, -0.05) is 0 Å². The summed E-state index contributed by atoms with van der Waals surface area (Å²) in [6.07, 6.45) is 0. The molecular formula is C12H20N6O2. The number of ether oxygens (including phenoxy) is 1. The molecule has 110 valence electrons. The van der Waals surface area contributed by atoms with Crippen LogP contribution in [0.25, 0.3) is 0 Å². The fourth-order valence-corrected chi connectivity index (χ4v) is 1.80. The number of nitrogen functional groups attached to an aromatic ring is 1. The van der Waals surface area contributed by atoms with E-state index in [2.05, 4.69) is 20.3 Å². The van der Waals surface area contributed by atoms with Crippen LogP contribution in [-0.2, 0) is 4.74 Å². The maximum atomic E-state index is 12.0. The SMILES string of the molecule is CC(C)(C)OC(=O)c1nc(N)nc(N2CCNCC2)n1. The molecule has 0 atom stereocenters. The standard InChI is InChI=1S/C12H20N6O2/c1-12(2,3)20-9(19)8-15-10(13)17-11(16-8)18-6-4-14-5-7-18/h14H,4-7H2,1-3H3,(H2,13,15,16,17). The molecule has 0 unspecified atom stereocenters. The topological polar surface area (TPSA) is 106 Å². The highest BCUT2D eigenvalue weighted by Crippen LogP contribution is 2.13. The van der Waals surface area contributed by atoms with E-state index in [0.717, 1.165) is 26.2 Å². The van der Waals surface area contributed by atoms with Crippen LogP contribution in [0, 0.1) is 0 Å². The number of carbonyl (C=O) groups excluding carboxylic acids is 1. The van der Waals surface area contributed by atoms with Gasteiger partial charge in [0.15, 0.2) is 0 Å². The van der Waals surface area contributed by atoms with Gasteiger partial charge in [-0.15, -0.1) is 0 Å². The predicted molar refractivity (Wildman–Crippen MR) is 74.5 cm³/mol. The molecule has 1 aliphatic rings. The summed E-state index contributed by atoms with van der Waals surface area (Å²) in [4.78, 5) is 26.0. The lowest BCUT2D eigenvalue weighted by Gasteiger charge is -2.27. The number of esters is 1. The van der Waals surface area contributed by atoms with Crippen LogP contribution < -0.4 is 16.0 Å². The van der Waals surface area contributed by atoms with Crippen LogP contribution in [0.3, 0.4) is 0 Å². The first-order chi connectivity index (χ1) is 9.35. The van der Waals surface area contributed by atoms with Gasteiger partial charge in [-0.2, -0.15) is 15.0 Å². The molecule has 0 bridgehead atoms. The molecule has 0 amide bonds. The van der Waals surface area contributed by atoms with E-state index < -0.39 is 11.6 Å². The maximum Gasteiger partial charge on any atom is 0.377 e. The molecule has 0 aliphatic carbocycles. The van der Waals surface area contributed by atoms with Gasteiger partial charge >= 0.3 is 5.97 Å². The summed E-state index contributed by atoms with van der Waals surface area (Å²) in [5, 5.41) is 3.23. The lowest BCUT2D eigenvalue weighted by atomic mass is 10.2. The Morgan fingerprint density at radius 1 is 1.25 bits per heavy atom. The van der Waals surface area contributed by atoms with Crippen LogP contribution in [0.2, 0.25) is 0 Å². The Labute approximate surface area is 117 Å². The summed E-state index contributed by atoms with van der Waals surface area (Å²) in [7, 11) is 0. The number of aromatic nitrogens is 3. The molecule has 0 saturated carbocycles. The second-order valence-electron chi connectivity index (χ2n) is 5.56. The number of nitrogens with two attached hydrogens (primary N) is 1. The van der Waals surface area contributed by atoms with Crippen LogP contribution in [-0.4, -0.2) is 52.7 Å². The third-order valence-corrected chi connectivity index (χ3v) is 2.62. The van der Waals surface area contributed by atoms with Crippen molar-refractivity contribution in [3.63, 3.8) is 0 Å². The van der Waals surface area contributed by atoms with E-state index in [0.29, 0.717) is 5.95 Å². The van der Waals surface area contributed by atoms with Crippen molar-refractivity contribution in [2.24, 2.45) is 0 Å². The van der Waals surface area contributed by atoms with Crippen LogP contribution >= 0.6 is 0 Å². The highest BCUT2D eigenvalue weighted by atomic mass is 16.6. The molecule has 8 nitrogen and oxygen atoms in total. The zero-order valence-electron chi connectivity index (χ0n) is 12.0. The predicted octanol–water partition coefficient (Wildman–Crippen LogP) is -0.181. The fourth-order valence-electron chi connectivity index (χ4n) is 1.80. The van der Waals surface area contributed by atoms with Crippen molar-refractivity contribution in [2.75, 3.05) is 36.8 Å². The number of hydrogen-bond acceptors (Lipinski definition) is 8. The van der Waals surface area contributed by atoms with Crippen LogP contribution in [0.1, 0.15) is 31.4 Å². The molecule has 1 aromatic heterocycles. The van der Waals surface area contributed by atoms with Crippen molar-refractivity contribution in [1.29, 1.82) is 0 Å². The molecular weight excluding hydrogens is 260 g/mol. The molecule has 8 heteroatoms. The Balaban J connectivity index is 2.21. The molecule has 20 heavy (non-hydrogen) atoms. The number of rotatable bonds is 2. The normalized spacial score (nSPS) is 16.1. The van der Waals surface area contributed by atoms with Gasteiger partial charge in [0.05, 0.1) is 0 Å². The quantitative estimate of drug-likeness (QED) is 0.718. The average molecular weight is 280 g/mol. The van der Waals surface area contributed by atoms with Gasteiger partial charge in [0, 0.05) is 26.2 Å². The average Bonchev–Trinajstić information content (AvgIpc) is 2.37. The van der Waals surface area contributed by atoms with Gasteiger partial charge in [-0.25, -0.2) is 4.79 Å². The zero-order chi connectivity index (χ0) is 14.8. The number of hydrogen-bond donors (Lipinski definition) is 2. The monoisotopic (exact) mass is 280 g/mol. The largest absolute Gasteiger partial charge is 0.454 e. The summed E-state index contributed by atoms with van der Waals surface area (Å²) in [5.74, 6) is -0.210. The van der Waals surface area contributed by atoms with E-state index in [4.69, 9.17) is 10.5 Å². The molecule has 3 N–H and O–H groups in total. The lowest BCUT2D eigenvalue weighted by molar-refractivity contribution is 0.00555. The zero-order valence-corrected chi connectivity index (χ0v) is 12.0. The number of piperazine rings is 1. The Hall–Kier alpha value is -1.96. The van der Waals surface area contributed by atoms with E-state index >= 15 is 0 Å². The van der Waals surface area contributed by atoms with Crippen molar-refractivity contribution in [2.45, 2.75) is 26.4 Å². The van der Waals surface area contributed by atoms with E-state index in [1.54, 1.807) is 20.8 Å². The lowest BCUT2D eigenvalue weighted by Crippen LogP contribution is -2.44. The first-order valence-electron chi connectivity index (χ1n) is 6.56. The van der Waals surface area contributed by atoms with Crippen LogP contribution in [0.4, 0.5) is 11.9 Å². The molecule has 1 aromatic rings. The minimum Gasteiger partial charge on any atom is -0.454 e. The van der Waals surface area contributed by atoms with Gasteiger partial charge in [0.2, 0.25) is 17.7 Å². The first-order valence-corrected chi connectivity index (χ1v) is 6.56. The third-order valence-electron chi connectivity index (χ3n) is 2.62. The van der Waals surface area contributed by atoms with Crippen molar-refractivity contribution < 1.29 is 9.53 Å². The van der Waals surface area contributed by atoms with Crippen LogP contribution in [0.5, 0.6) is 0 Å². The van der Waals surface area contributed by atoms with Gasteiger partial charge < -0.3 is 20.7 Å². The minimum atomic E-state index is -0.603. The molecule has 1 saturated heterocycles. The molecule has 2 rings (SSSR count). The minimum absolute atomic E-state index is 0.0226. The maximum absolute atomic E-state index is 12.0. The summed E-state index contributed by atoms with van der Waals surface area (Å²) in [6.45, 7) is 8.56. The summed E-state index contributed by atoms with van der Waals surface area (Å²) in [6, 6.07) is 0. The molecule has 0 radical (unpaired) electrons. The Morgan fingerprint density at radius 2 is 1.90 bits per heavy atom. The summed E-state index contributed by atoms with van der Waals surface area (Å²) >= 11 is 0. The van der Waals surface area contributed by atoms with Crippen molar-refractivity contribution in [1.82, 2.24) is 20.3 Å². The Kier molecular flexibility index (Phi) is 4.03. The molecule has 2 heterocycles. The summed E-state index contributed by atoms with van der Waals surface area (Å²) < 4.78 is 5.24. The molecule has 1 fully saturated rings. The van der Waals surface area contributed by atoms with Crippen molar-refractivity contribution >= 4 is 17.9 Å². The van der Waals surface area contributed by atoms with Crippen molar-refractivity contribution in [3.05, 3.63) is 5.82 Å². The third kappa shape index (κ3) is 3.77.